The van der Waals surface area contributed by atoms with Crippen LogP contribution in [0.15, 0.2) is 17.4 Å². The van der Waals surface area contributed by atoms with Crippen LogP contribution in [0.5, 0.6) is 0 Å². The van der Waals surface area contributed by atoms with Gasteiger partial charge in [-0.15, -0.1) is 0 Å². The third-order valence-corrected chi connectivity index (χ3v) is 1.90. The first-order chi connectivity index (χ1) is 6.86. The van der Waals surface area contributed by atoms with Gasteiger partial charge in [-0.3, -0.25) is 9.67 Å². The molecule has 0 aliphatic carbocycles. The maximum absolute atomic E-state index is 11.0. The van der Waals surface area contributed by atoms with Crippen LogP contribution >= 0.6 is 0 Å². The van der Waals surface area contributed by atoms with Crippen molar-refractivity contribution in [2.24, 2.45) is 0 Å². The van der Waals surface area contributed by atoms with E-state index in [1.165, 1.54) is 17.2 Å². The first-order valence-electron chi connectivity index (χ1n) is 4.30. The van der Waals surface area contributed by atoms with E-state index in [-0.39, 0.29) is 5.69 Å². The SMILES string of the molecule is O=c1[nH]ncn1CCCc1ncn[nH]1. The Labute approximate surface area is 79.2 Å². The van der Waals surface area contributed by atoms with Crippen LogP contribution in [0.3, 0.4) is 0 Å². The molecule has 0 fully saturated rings. The number of hydrogen-bond donors (Lipinski definition) is 2. The van der Waals surface area contributed by atoms with E-state index in [0.29, 0.717) is 6.54 Å². The number of aromatic nitrogens is 6. The van der Waals surface area contributed by atoms with Gasteiger partial charge in [-0.25, -0.2) is 14.9 Å². The highest BCUT2D eigenvalue weighted by Crippen LogP contribution is 1.94. The van der Waals surface area contributed by atoms with Crippen molar-refractivity contribution in [1.29, 1.82) is 0 Å². The molecule has 14 heavy (non-hydrogen) atoms. The van der Waals surface area contributed by atoms with Crippen molar-refractivity contribution in [3.8, 4) is 0 Å². The molecule has 0 aliphatic rings. The van der Waals surface area contributed by atoms with Gasteiger partial charge in [0.05, 0.1) is 0 Å². The number of aryl methyl sites for hydroxylation is 2. The minimum Gasteiger partial charge on any atom is -0.282 e. The molecule has 2 N–H and O–H groups in total. The number of aromatic amines is 2. The average molecular weight is 194 g/mol. The summed E-state index contributed by atoms with van der Waals surface area (Å²) >= 11 is 0. The van der Waals surface area contributed by atoms with Gasteiger partial charge in [0.1, 0.15) is 18.5 Å². The van der Waals surface area contributed by atoms with Gasteiger partial charge in [-0.2, -0.15) is 10.2 Å². The Kier molecular flexibility index (Phi) is 2.39. The zero-order chi connectivity index (χ0) is 9.80. The molecule has 0 saturated carbocycles. The van der Waals surface area contributed by atoms with E-state index in [9.17, 15) is 4.79 Å². The summed E-state index contributed by atoms with van der Waals surface area (Å²) in [5.74, 6) is 0.835. The molecule has 0 radical (unpaired) electrons. The topological polar surface area (TPSA) is 92.2 Å². The predicted octanol–water partition coefficient (Wildman–Crippen LogP) is -0.678. The Hall–Kier alpha value is -1.92. The summed E-state index contributed by atoms with van der Waals surface area (Å²) in [6, 6.07) is 0. The van der Waals surface area contributed by atoms with Crippen LogP contribution in [0.4, 0.5) is 0 Å². The lowest BCUT2D eigenvalue weighted by Crippen LogP contribution is -2.16. The van der Waals surface area contributed by atoms with Gasteiger partial charge in [0, 0.05) is 13.0 Å². The molecule has 0 aromatic carbocycles. The average Bonchev–Trinajstić information content (AvgIpc) is 2.78. The Morgan fingerprint density at radius 3 is 2.93 bits per heavy atom. The third-order valence-electron chi connectivity index (χ3n) is 1.90. The molecule has 0 spiro atoms. The lowest BCUT2D eigenvalue weighted by molar-refractivity contribution is 0.612. The monoisotopic (exact) mass is 194 g/mol. The van der Waals surface area contributed by atoms with Crippen LogP contribution in [0.25, 0.3) is 0 Å². The highest BCUT2D eigenvalue weighted by atomic mass is 16.1. The van der Waals surface area contributed by atoms with Crippen molar-refractivity contribution in [2.45, 2.75) is 19.4 Å². The van der Waals surface area contributed by atoms with Gasteiger partial charge in [0.15, 0.2) is 0 Å². The lowest BCUT2D eigenvalue weighted by atomic mass is 10.3. The summed E-state index contributed by atoms with van der Waals surface area (Å²) in [6.45, 7) is 0.635. The molecule has 2 rings (SSSR count). The molecule has 2 aromatic rings. The van der Waals surface area contributed by atoms with Crippen LogP contribution in [0.2, 0.25) is 0 Å². The highest BCUT2D eigenvalue weighted by molar-refractivity contribution is 4.79. The Bertz CT molecular complexity index is 427. The van der Waals surface area contributed by atoms with Gasteiger partial charge in [0.25, 0.3) is 0 Å². The van der Waals surface area contributed by atoms with Gasteiger partial charge in [-0.05, 0) is 6.42 Å². The van der Waals surface area contributed by atoms with E-state index in [2.05, 4.69) is 25.4 Å². The molecule has 2 aromatic heterocycles. The van der Waals surface area contributed by atoms with E-state index in [1.54, 1.807) is 0 Å². The fourth-order valence-electron chi connectivity index (χ4n) is 1.20. The third kappa shape index (κ3) is 1.87. The Morgan fingerprint density at radius 1 is 1.36 bits per heavy atom. The molecule has 0 amide bonds. The maximum Gasteiger partial charge on any atom is 0.343 e. The van der Waals surface area contributed by atoms with E-state index < -0.39 is 0 Å². The Balaban J connectivity index is 1.84. The van der Waals surface area contributed by atoms with Gasteiger partial charge in [-0.1, -0.05) is 0 Å². The fraction of sp³-hybridized carbons (Fsp3) is 0.429. The number of H-pyrrole nitrogens is 2. The van der Waals surface area contributed by atoms with Crippen molar-refractivity contribution in [1.82, 2.24) is 29.9 Å². The second-order valence-electron chi connectivity index (χ2n) is 2.89. The largest absolute Gasteiger partial charge is 0.343 e. The van der Waals surface area contributed by atoms with Gasteiger partial charge < -0.3 is 0 Å². The van der Waals surface area contributed by atoms with E-state index >= 15 is 0 Å². The zero-order valence-electron chi connectivity index (χ0n) is 7.47. The maximum atomic E-state index is 11.0. The molecule has 0 bridgehead atoms. The highest BCUT2D eigenvalue weighted by Gasteiger charge is 1.98. The summed E-state index contributed by atoms with van der Waals surface area (Å²) in [7, 11) is 0. The molecule has 7 heteroatoms. The van der Waals surface area contributed by atoms with Crippen LogP contribution in [-0.4, -0.2) is 29.9 Å². The number of nitrogens with zero attached hydrogens (tertiary/aromatic N) is 4. The van der Waals surface area contributed by atoms with Gasteiger partial charge >= 0.3 is 5.69 Å². The first kappa shape index (κ1) is 8.67. The summed E-state index contributed by atoms with van der Waals surface area (Å²) < 4.78 is 1.52. The molecular formula is C7H10N6O. The number of nitrogens with one attached hydrogen (secondary N) is 2. The quantitative estimate of drug-likeness (QED) is 0.674. The lowest BCUT2D eigenvalue weighted by Gasteiger charge is -1.97. The van der Waals surface area contributed by atoms with Crippen molar-refractivity contribution < 1.29 is 0 Å². The van der Waals surface area contributed by atoms with E-state index in [1.807, 2.05) is 0 Å². The van der Waals surface area contributed by atoms with Crippen molar-refractivity contribution >= 4 is 0 Å². The Morgan fingerprint density at radius 2 is 2.29 bits per heavy atom. The molecule has 0 aliphatic heterocycles. The smallest absolute Gasteiger partial charge is 0.282 e. The van der Waals surface area contributed by atoms with Crippen molar-refractivity contribution in [2.75, 3.05) is 0 Å². The van der Waals surface area contributed by atoms with Gasteiger partial charge in [0.2, 0.25) is 0 Å². The van der Waals surface area contributed by atoms with Crippen molar-refractivity contribution in [3.63, 3.8) is 0 Å². The standard InChI is InChI=1S/C7H10N6O/c14-7-12-10-5-13(7)3-1-2-6-8-4-9-11-6/h4-5H,1-3H2,(H,12,14)(H,8,9,11). The predicted molar refractivity (Wildman–Crippen MR) is 47.6 cm³/mol. The molecule has 2 heterocycles. The van der Waals surface area contributed by atoms with Crippen LogP contribution in [0.1, 0.15) is 12.2 Å². The first-order valence-corrected chi connectivity index (χ1v) is 4.30. The summed E-state index contributed by atoms with van der Waals surface area (Å²) in [5.41, 5.74) is -0.178. The minimum absolute atomic E-state index is 0.178. The van der Waals surface area contributed by atoms with Crippen LogP contribution < -0.4 is 5.69 Å². The van der Waals surface area contributed by atoms with Crippen LogP contribution in [-0.2, 0) is 13.0 Å². The fourth-order valence-corrected chi connectivity index (χ4v) is 1.20. The second kappa shape index (κ2) is 3.86. The number of rotatable bonds is 4. The van der Waals surface area contributed by atoms with E-state index in [0.717, 1.165) is 18.7 Å². The second-order valence-corrected chi connectivity index (χ2v) is 2.89. The van der Waals surface area contributed by atoms with E-state index in [4.69, 9.17) is 0 Å². The molecule has 0 unspecified atom stereocenters. The molecule has 0 atom stereocenters. The number of hydrogen-bond acceptors (Lipinski definition) is 4. The molecule has 74 valence electrons. The van der Waals surface area contributed by atoms with Crippen LogP contribution in [0, 0.1) is 0 Å². The molecule has 7 nitrogen and oxygen atoms in total. The summed E-state index contributed by atoms with van der Waals surface area (Å²) in [6.07, 6.45) is 4.56. The molecular weight excluding hydrogens is 184 g/mol. The zero-order valence-corrected chi connectivity index (χ0v) is 7.47. The summed E-state index contributed by atoms with van der Waals surface area (Å²) in [5, 5.41) is 12.5. The normalized spacial score (nSPS) is 10.6. The molecule has 0 saturated heterocycles. The minimum atomic E-state index is -0.178. The summed E-state index contributed by atoms with van der Waals surface area (Å²) in [4.78, 5) is 15.0. The van der Waals surface area contributed by atoms with Crippen molar-refractivity contribution in [3.05, 3.63) is 29.0 Å².